The molecule has 1 atom stereocenters. The van der Waals surface area contributed by atoms with Crippen molar-refractivity contribution < 1.29 is 13.9 Å². The van der Waals surface area contributed by atoms with E-state index in [4.69, 9.17) is 9.72 Å². The number of carbonyl (C=O) groups is 1. The SMILES string of the molecule is COCc1cc(C)nc2c1C(=O)N[C@@H](c1ccc(F)cc1)N2Cc1ccccc1. The first-order valence-corrected chi connectivity index (χ1v) is 9.43. The Morgan fingerprint density at radius 2 is 1.86 bits per heavy atom. The van der Waals surface area contributed by atoms with Crippen LogP contribution in [0.25, 0.3) is 0 Å². The molecule has 1 aliphatic rings. The van der Waals surface area contributed by atoms with Crippen molar-refractivity contribution in [2.45, 2.75) is 26.2 Å². The van der Waals surface area contributed by atoms with Gasteiger partial charge in [0.1, 0.15) is 17.8 Å². The van der Waals surface area contributed by atoms with Crippen LogP contribution >= 0.6 is 0 Å². The first-order valence-electron chi connectivity index (χ1n) is 9.43. The molecule has 148 valence electrons. The predicted octanol–water partition coefficient (Wildman–Crippen LogP) is 4.12. The fourth-order valence-corrected chi connectivity index (χ4v) is 3.70. The molecular formula is C23H22FN3O2. The number of fused-ring (bicyclic) bond motifs is 1. The highest BCUT2D eigenvalue weighted by Crippen LogP contribution is 2.35. The minimum Gasteiger partial charge on any atom is -0.380 e. The number of amides is 1. The third-order valence-corrected chi connectivity index (χ3v) is 4.97. The van der Waals surface area contributed by atoms with Gasteiger partial charge in [0.05, 0.1) is 12.2 Å². The van der Waals surface area contributed by atoms with E-state index >= 15 is 0 Å². The van der Waals surface area contributed by atoms with E-state index in [0.717, 1.165) is 22.4 Å². The number of anilines is 1. The highest BCUT2D eigenvalue weighted by Gasteiger charge is 2.35. The first kappa shape index (κ1) is 19.1. The van der Waals surface area contributed by atoms with Gasteiger partial charge in [-0.2, -0.15) is 0 Å². The van der Waals surface area contributed by atoms with E-state index in [0.29, 0.717) is 24.5 Å². The van der Waals surface area contributed by atoms with E-state index in [1.165, 1.54) is 12.1 Å². The highest BCUT2D eigenvalue weighted by molar-refractivity contribution is 6.02. The van der Waals surface area contributed by atoms with E-state index in [9.17, 15) is 9.18 Å². The van der Waals surface area contributed by atoms with Gasteiger partial charge in [-0.25, -0.2) is 9.37 Å². The van der Waals surface area contributed by atoms with Crippen molar-refractivity contribution in [3.8, 4) is 0 Å². The van der Waals surface area contributed by atoms with Crippen molar-refractivity contribution in [3.63, 3.8) is 0 Å². The fourth-order valence-electron chi connectivity index (χ4n) is 3.70. The molecule has 0 unspecified atom stereocenters. The lowest BCUT2D eigenvalue weighted by molar-refractivity contribution is 0.0919. The zero-order valence-electron chi connectivity index (χ0n) is 16.4. The van der Waals surface area contributed by atoms with Gasteiger partial charge in [-0.3, -0.25) is 4.79 Å². The summed E-state index contributed by atoms with van der Waals surface area (Å²) in [4.78, 5) is 19.8. The molecule has 29 heavy (non-hydrogen) atoms. The average molecular weight is 391 g/mol. The van der Waals surface area contributed by atoms with E-state index in [2.05, 4.69) is 5.32 Å². The van der Waals surface area contributed by atoms with Gasteiger partial charge >= 0.3 is 0 Å². The van der Waals surface area contributed by atoms with Crippen molar-refractivity contribution in [2.75, 3.05) is 12.0 Å². The Kier molecular flexibility index (Phi) is 5.27. The Labute approximate surface area is 169 Å². The lowest BCUT2D eigenvalue weighted by atomic mass is 10.0. The number of aromatic nitrogens is 1. The molecule has 1 amide bonds. The quantitative estimate of drug-likeness (QED) is 0.711. The largest absolute Gasteiger partial charge is 0.380 e. The minimum atomic E-state index is -0.458. The zero-order valence-corrected chi connectivity index (χ0v) is 16.4. The van der Waals surface area contributed by atoms with Crippen LogP contribution in [0.5, 0.6) is 0 Å². The summed E-state index contributed by atoms with van der Waals surface area (Å²) >= 11 is 0. The standard InChI is InChI=1S/C23H22FN3O2/c1-15-12-18(14-29-2)20-22(25-15)27(13-16-6-4-3-5-7-16)21(26-23(20)28)17-8-10-19(24)11-9-17/h3-12,21H,13-14H2,1-2H3,(H,26,28)/t21-/m1/s1. The van der Waals surface area contributed by atoms with E-state index in [-0.39, 0.29) is 11.7 Å². The van der Waals surface area contributed by atoms with Crippen LogP contribution in [0.1, 0.15) is 38.9 Å². The molecule has 0 radical (unpaired) electrons. The number of ether oxygens (including phenoxy) is 1. The summed E-state index contributed by atoms with van der Waals surface area (Å²) in [6, 6.07) is 18.0. The molecule has 1 N–H and O–H groups in total. The summed E-state index contributed by atoms with van der Waals surface area (Å²) in [5.41, 5.74) is 3.99. The zero-order chi connectivity index (χ0) is 20.4. The second-order valence-electron chi connectivity index (χ2n) is 7.10. The molecule has 0 bridgehead atoms. The third-order valence-electron chi connectivity index (χ3n) is 4.97. The molecule has 0 aliphatic carbocycles. The molecule has 1 aromatic heterocycles. The van der Waals surface area contributed by atoms with Crippen molar-refractivity contribution in [1.82, 2.24) is 10.3 Å². The van der Waals surface area contributed by atoms with Gasteiger partial charge in [0.25, 0.3) is 5.91 Å². The smallest absolute Gasteiger partial charge is 0.257 e. The summed E-state index contributed by atoms with van der Waals surface area (Å²) in [7, 11) is 1.60. The van der Waals surface area contributed by atoms with Gasteiger partial charge in [0.2, 0.25) is 0 Å². The van der Waals surface area contributed by atoms with Gasteiger partial charge < -0.3 is 15.0 Å². The molecule has 0 spiro atoms. The summed E-state index contributed by atoms with van der Waals surface area (Å²) in [5.74, 6) is 0.0828. The van der Waals surface area contributed by atoms with E-state index in [1.54, 1.807) is 19.2 Å². The van der Waals surface area contributed by atoms with Crippen LogP contribution in [0, 0.1) is 12.7 Å². The predicted molar refractivity (Wildman–Crippen MR) is 109 cm³/mol. The minimum absolute atomic E-state index is 0.210. The lowest BCUT2D eigenvalue weighted by Gasteiger charge is -2.39. The number of pyridine rings is 1. The summed E-state index contributed by atoms with van der Waals surface area (Å²) in [5, 5.41) is 3.07. The molecule has 5 nitrogen and oxygen atoms in total. The van der Waals surface area contributed by atoms with Crippen molar-refractivity contribution in [1.29, 1.82) is 0 Å². The number of hydrogen-bond acceptors (Lipinski definition) is 4. The maximum atomic E-state index is 13.5. The van der Waals surface area contributed by atoms with Crippen LogP contribution in [-0.4, -0.2) is 18.0 Å². The summed E-state index contributed by atoms with van der Waals surface area (Å²) in [6.07, 6.45) is -0.458. The maximum Gasteiger partial charge on any atom is 0.257 e. The van der Waals surface area contributed by atoms with Gasteiger partial charge in [-0.15, -0.1) is 0 Å². The van der Waals surface area contributed by atoms with Crippen LogP contribution in [0.4, 0.5) is 10.2 Å². The molecular weight excluding hydrogens is 369 g/mol. The molecule has 0 saturated heterocycles. The fraction of sp³-hybridized carbons (Fsp3) is 0.217. The van der Waals surface area contributed by atoms with Crippen molar-refractivity contribution >= 4 is 11.7 Å². The molecule has 1 aliphatic heterocycles. The number of benzene rings is 2. The van der Waals surface area contributed by atoms with Crippen molar-refractivity contribution in [3.05, 3.63) is 94.4 Å². The Hall–Kier alpha value is -3.25. The van der Waals surface area contributed by atoms with Crippen LogP contribution in [0.2, 0.25) is 0 Å². The molecule has 0 saturated carbocycles. The maximum absolute atomic E-state index is 13.5. The number of aryl methyl sites for hydroxylation is 1. The lowest BCUT2D eigenvalue weighted by Crippen LogP contribution is -2.47. The van der Waals surface area contributed by atoms with Gasteiger partial charge in [-0.1, -0.05) is 42.5 Å². The average Bonchev–Trinajstić information content (AvgIpc) is 2.71. The van der Waals surface area contributed by atoms with Crippen LogP contribution < -0.4 is 10.2 Å². The van der Waals surface area contributed by atoms with E-state index < -0.39 is 6.17 Å². The Morgan fingerprint density at radius 3 is 2.55 bits per heavy atom. The second-order valence-corrected chi connectivity index (χ2v) is 7.10. The van der Waals surface area contributed by atoms with Crippen molar-refractivity contribution in [2.24, 2.45) is 0 Å². The normalized spacial score (nSPS) is 15.8. The molecule has 2 heterocycles. The van der Waals surface area contributed by atoms with E-state index in [1.807, 2.05) is 48.2 Å². The molecule has 0 fully saturated rings. The Bertz CT molecular complexity index is 1020. The van der Waals surface area contributed by atoms with Crippen LogP contribution in [-0.2, 0) is 17.9 Å². The summed E-state index contributed by atoms with van der Waals surface area (Å²) < 4.78 is 18.8. The third kappa shape index (κ3) is 3.84. The Morgan fingerprint density at radius 1 is 1.14 bits per heavy atom. The first-order chi connectivity index (χ1) is 14.1. The highest BCUT2D eigenvalue weighted by atomic mass is 19.1. The second kappa shape index (κ2) is 8.01. The number of carbonyl (C=O) groups excluding carboxylic acids is 1. The van der Waals surface area contributed by atoms with Gasteiger partial charge in [-0.05, 0) is 41.8 Å². The number of rotatable bonds is 5. The number of methoxy groups -OCH3 is 1. The topological polar surface area (TPSA) is 54.5 Å². The van der Waals surface area contributed by atoms with Gasteiger partial charge in [0.15, 0.2) is 0 Å². The molecule has 3 aromatic rings. The Balaban J connectivity index is 1.85. The van der Waals surface area contributed by atoms with Crippen LogP contribution in [0.3, 0.4) is 0 Å². The number of nitrogens with one attached hydrogen (secondary N) is 1. The summed E-state index contributed by atoms with van der Waals surface area (Å²) in [6.45, 7) is 2.76. The monoisotopic (exact) mass is 391 g/mol. The number of halogens is 1. The molecule has 2 aromatic carbocycles. The molecule has 4 rings (SSSR count). The molecule has 6 heteroatoms. The van der Waals surface area contributed by atoms with Crippen LogP contribution in [0.15, 0.2) is 60.7 Å². The number of hydrogen-bond donors (Lipinski definition) is 1. The van der Waals surface area contributed by atoms with Gasteiger partial charge in [0, 0.05) is 19.3 Å². The number of nitrogens with zero attached hydrogens (tertiary/aromatic N) is 2.